The molecule has 0 aliphatic heterocycles. The quantitative estimate of drug-likeness (QED) is 0.290. The van der Waals surface area contributed by atoms with Gasteiger partial charge in [-0.05, 0) is 48.5 Å². The number of anilines is 2. The zero-order chi connectivity index (χ0) is 25.2. The molecule has 5 rings (SSSR count). The lowest BCUT2D eigenvalue weighted by atomic mass is 10.0. The molecule has 0 spiro atoms. The van der Waals surface area contributed by atoms with Gasteiger partial charge in [-0.3, -0.25) is 14.9 Å². The molecule has 8 nitrogen and oxygen atoms in total. The largest absolute Gasteiger partial charge is 0.323 e. The van der Waals surface area contributed by atoms with Crippen LogP contribution in [0.4, 0.5) is 29.3 Å². The summed E-state index contributed by atoms with van der Waals surface area (Å²) in [5.74, 6) is -3.60. The van der Waals surface area contributed by atoms with Gasteiger partial charge in [0.05, 0.1) is 34.7 Å². The molecule has 0 aliphatic carbocycles. The number of hydrogen-bond acceptors (Lipinski definition) is 5. The van der Waals surface area contributed by atoms with Crippen LogP contribution in [-0.4, -0.2) is 32.0 Å². The third-order valence-corrected chi connectivity index (χ3v) is 5.24. The standard InChI is InChI=1S/C25H15F3N6O2/c26-18-4-2-15(32-25(36)33-16-3-5-19(27)20(28)9-16)8-17(18)24(35)13-1-6-21-22(7-13)34-23(12-29-21)14-10-30-31-11-14/h1-12H,(H,30,31)(H2,32,33,36). The van der Waals surface area contributed by atoms with Crippen LogP contribution in [-0.2, 0) is 0 Å². The molecule has 2 heterocycles. The number of benzene rings is 3. The Labute approximate surface area is 201 Å². The number of fused-ring (bicyclic) bond motifs is 1. The Balaban J connectivity index is 1.38. The minimum Gasteiger partial charge on any atom is -0.308 e. The van der Waals surface area contributed by atoms with E-state index in [9.17, 15) is 22.8 Å². The third kappa shape index (κ3) is 4.62. The molecule has 178 valence electrons. The first kappa shape index (κ1) is 22.7. The molecular formula is C25H15F3N6O2. The molecular weight excluding hydrogens is 473 g/mol. The SMILES string of the molecule is O=C(Nc1ccc(F)c(F)c1)Nc1ccc(F)c(C(=O)c2ccc3ncc(-c4cn[nH]c4)nc3c2)c1. The van der Waals surface area contributed by atoms with E-state index in [1.165, 1.54) is 30.3 Å². The number of rotatable bonds is 5. The number of aromatic amines is 1. The first-order chi connectivity index (χ1) is 17.4. The van der Waals surface area contributed by atoms with Gasteiger partial charge >= 0.3 is 6.03 Å². The fraction of sp³-hybridized carbons (Fsp3) is 0. The van der Waals surface area contributed by atoms with Gasteiger partial charge in [-0.2, -0.15) is 5.10 Å². The molecule has 2 amide bonds. The summed E-state index contributed by atoms with van der Waals surface area (Å²) in [6.07, 6.45) is 4.82. The van der Waals surface area contributed by atoms with Gasteiger partial charge in [0.15, 0.2) is 17.4 Å². The summed E-state index contributed by atoms with van der Waals surface area (Å²) in [4.78, 5) is 34.2. The summed E-state index contributed by atoms with van der Waals surface area (Å²) in [7, 11) is 0. The molecule has 0 bridgehead atoms. The normalized spacial score (nSPS) is 10.9. The molecule has 0 saturated heterocycles. The predicted octanol–water partition coefficient (Wildman–Crippen LogP) is 5.31. The van der Waals surface area contributed by atoms with Crippen LogP contribution in [0.5, 0.6) is 0 Å². The number of urea groups is 1. The maximum atomic E-state index is 14.6. The topological polar surface area (TPSA) is 113 Å². The summed E-state index contributed by atoms with van der Waals surface area (Å²) >= 11 is 0. The third-order valence-electron chi connectivity index (χ3n) is 5.24. The highest BCUT2D eigenvalue weighted by Gasteiger charge is 2.17. The molecule has 5 aromatic rings. The first-order valence-corrected chi connectivity index (χ1v) is 10.5. The van der Waals surface area contributed by atoms with Crippen LogP contribution in [0, 0.1) is 17.5 Å². The average Bonchev–Trinajstić information content (AvgIpc) is 3.41. The van der Waals surface area contributed by atoms with E-state index < -0.39 is 29.3 Å². The van der Waals surface area contributed by atoms with Crippen LogP contribution in [0.25, 0.3) is 22.3 Å². The second kappa shape index (κ2) is 9.29. The maximum absolute atomic E-state index is 14.6. The van der Waals surface area contributed by atoms with E-state index in [-0.39, 0.29) is 22.5 Å². The van der Waals surface area contributed by atoms with E-state index in [1.807, 2.05) is 0 Å². The summed E-state index contributed by atoms with van der Waals surface area (Å²) in [6.45, 7) is 0. The van der Waals surface area contributed by atoms with Crippen molar-refractivity contribution >= 4 is 34.2 Å². The Bertz CT molecular complexity index is 1620. The fourth-order valence-corrected chi connectivity index (χ4v) is 3.48. The highest BCUT2D eigenvalue weighted by atomic mass is 19.2. The molecule has 0 radical (unpaired) electrons. The number of carbonyl (C=O) groups excluding carboxylic acids is 2. The molecule has 0 atom stereocenters. The minimum absolute atomic E-state index is 0.0110. The van der Waals surface area contributed by atoms with E-state index in [2.05, 4.69) is 30.8 Å². The van der Waals surface area contributed by atoms with Crippen molar-refractivity contribution in [1.82, 2.24) is 20.2 Å². The van der Waals surface area contributed by atoms with Crippen molar-refractivity contribution in [2.45, 2.75) is 0 Å². The van der Waals surface area contributed by atoms with Crippen molar-refractivity contribution in [2.75, 3.05) is 10.6 Å². The lowest BCUT2D eigenvalue weighted by molar-refractivity contribution is 0.103. The fourth-order valence-electron chi connectivity index (χ4n) is 3.48. The van der Waals surface area contributed by atoms with Crippen LogP contribution < -0.4 is 10.6 Å². The molecule has 11 heteroatoms. The molecule has 36 heavy (non-hydrogen) atoms. The average molecular weight is 488 g/mol. The number of hydrogen-bond donors (Lipinski definition) is 3. The van der Waals surface area contributed by atoms with Crippen LogP contribution in [0.1, 0.15) is 15.9 Å². The van der Waals surface area contributed by atoms with Crippen molar-refractivity contribution in [3.05, 3.63) is 102 Å². The van der Waals surface area contributed by atoms with Gasteiger partial charge in [-0.1, -0.05) is 0 Å². The second-order valence-electron chi connectivity index (χ2n) is 7.68. The van der Waals surface area contributed by atoms with E-state index in [0.29, 0.717) is 22.3 Å². The van der Waals surface area contributed by atoms with Gasteiger partial charge in [0.1, 0.15) is 5.82 Å². The van der Waals surface area contributed by atoms with Crippen molar-refractivity contribution in [3.63, 3.8) is 0 Å². The smallest absolute Gasteiger partial charge is 0.308 e. The zero-order valence-corrected chi connectivity index (χ0v) is 18.2. The van der Waals surface area contributed by atoms with Crippen LogP contribution >= 0.6 is 0 Å². The number of carbonyl (C=O) groups is 2. The summed E-state index contributed by atoms with van der Waals surface area (Å²) in [6, 6.07) is 10.2. The summed E-state index contributed by atoms with van der Waals surface area (Å²) < 4.78 is 41.0. The van der Waals surface area contributed by atoms with Crippen molar-refractivity contribution < 1.29 is 22.8 Å². The van der Waals surface area contributed by atoms with E-state index >= 15 is 0 Å². The Morgan fingerprint density at radius 1 is 0.778 bits per heavy atom. The summed E-state index contributed by atoms with van der Waals surface area (Å²) in [5.41, 5.74) is 2.25. The molecule has 3 N–H and O–H groups in total. The second-order valence-corrected chi connectivity index (χ2v) is 7.68. The number of nitrogens with one attached hydrogen (secondary N) is 3. The predicted molar refractivity (Wildman–Crippen MR) is 126 cm³/mol. The number of halogens is 3. The van der Waals surface area contributed by atoms with Crippen LogP contribution in [0.15, 0.2) is 73.2 Å². The number of H-pyrrole nitrogens is 1. The van der Waals surface area contributed by atoms with Gasteiger partial charge in [0.25, 0.3) is 0 Å². The van der Waals surface area contributed by atoms with E-state index in [0.717, 1.165) is 18.2 Å². The highest BCUT2D eigenvalue weighted by Crippen LogP contribution is 2.23. The monoisotopic (exact) mass is 488 g/mol. The number of amides is 2. The lowest BCUT2D eigenvalue weighted by Crippen LogP contribution is -2.20. The van der Waals surface area contributed by atoms with Gasteiger partial charge in [-0.25, -0.2) is 22.9 Å². The van der Waals surface area contributed by atoms with Gasteiger partial charge in [0, 0.05) is 34.8 Å². The number of ketones is 1. The van der Waals surface area contributed by atoms with Crippen molar-refractivity contribution in [2.24, 2.45) is 0 Å². The van der Waals surface area contributed by atoms with Gasteiger partial charge in [-0.15, -0.1) is 0 Å². The lowest BCUT2D eigenvalue weighted by Gasteiger charge is -2.10. The van der Waals surface area contributed by atoms with Gasteiger partial charge < -0.3 is 10.6 Å². The zero-order valence-electron chi connectivity index (χ0n) is 18.2. The Kier molecular flexibility index (Phi) is 5.87. The van der Waals surface area contributed by atoms with Crippen LogP contribution in [0.2, 0.25) is 0 Å². The molecule has 0 unspecified atom stereocenters. The van der Waals surface area contributed by atoms with Crippen molar-refractivity contribution in [3.8, 4) is 11.3 Å². The Morgan fingerprint density at radius 3 is 2.25 bits per heavy atom. The minimum atomic E-state index is -1.13. The molecule has 0 saturated carbocycles. The molecule has 0 aliphatic rings. The molecule has 0 fully saturated rings. The summed E-state index contributed by atoms with van der Waals surface area (Å²) in [5, 5.41) is 11.3. The van der Waals surface area contributed by atoms with Gasteiger partial charge in [0.2, 0.25) is 0 Å². The first-order valence-electron chi connectivity index (χ1n) is 10.5. The van der Waals surface area contributed by atoms with E-state index in [4.69, 9.17) is 0 Å². The molecule has 2 aromatic heterocycles. The van der Waals surface area contributed by atoms with E-state index in [1.54, 1.807) is 24.7 Å². The Hall–Kier alpha value is -5.06. The maximum Gasteiger partial charge on any atom is 0.323 e. The molecule has 3 aromatic carbocycles. The number of nitrogens with zero attached hydrogens (tertiary/aromatic N) is 3. The van der Waals surface area contributed by atoms with Crippen molar-refractivity contribution in [1.29, 1.82) is 0 Å². The van der Waals surface area contributed by atoms with Crippen LogP contribution in [0.3, 0.4) is 0 Å². The number of aromatic nitrogens is 4. The highest BCUT2D eigenvalue weighted by molar-refractivity contribution is 6.11. The Morgan fingerprint density at radius 2 is 1.53 bits per heavy atom.